The summed E-state index contributed by atoms with van der Waals surface area (Å²) < 4.78 is 0. The number of carbonyl (C=O) groups is 2. The van der Waals surface area contributed by atoms with Gasteiger partial charge in [-0.1, -0.05) is 41.5 Å². The number of likely N-dealkylation sites (tertiary alicyclic amines) is 2. The Hall–Kier alpha value is -1.39. The Balaban J connectivity index is 0.000000280. The lowest BCUT2D eigenvalue weighted by molar-refractivity contribution is -0.135. The number of carbonyl (C=O) groups excluding carboxylic acids is 2. The molecule has 0 saturated carbocycles. The van der Waals surface area contributed by atoms with Crippen molar-refractivity contribution < 1.29 is 9.59 Å². The molecule has 5 heteroatoms. The molecule has 2 heterocycles. The number of amides is 2. The molecule has 2 saturated heterocycles. The van der Waals surface area contributed by atoms with Crippen LogP contribution in [-0.4, -0.2) is 52.6 Å². The van der Waals surface area contributed by atoms with Crippen LogP contribution < -0.4 is 0 Å². The summed E-state index contributed by atoms with van der Waals surface area (Å²) in [6.45, 7) is 18.2. The van der Waals surface area contributed by atoms with E-state index in [4.69, 9.17) is 0 Å². The van der Waals surface area contributed by atoms with Gasteiger partial charge in [0.05, 0.1) is 0 Å². The van der Waals surface area contributed by atoms with Crippen molar-refractivity contribution in [3.05, 3.63) is 0 Å². The second-order valence-electron chi connectivity index (χ2n) is 9.50. The molecule has 0 radical (unpaired) electrons. The van der Waals surface area contributed by atoms with E-state index in [9.17, 15) is 9.59 Å². The van der Waals surface area contributed by atoms with E-state index in [1.807, 2.05) is 46.4 Å². The fourth-order valence-corrected chi connectivity index (χ4v) is 3.89. The maximum Gasteiger partial charge on any atom is 0.230 e. The summed E-state index contributed by atoms with van der Waals surface area (Å²) in [6.07, 6.45) is 5.58. The Kier molecular flexibility index (Phi) is 10.2. The molecule has 0 aromatic heterocycles. The third-order valence-electron chi connectivity index (χ3n) is 5.16. The van der Waals surface area contributed by atoms with Crippen molar-refractivity contribution in [2.45, 2.75) is 99.6 Å². The van der Waals surface area contributed by atoms with Crippen LogP contribution in [0.3, 0.4) is 0 Å². The summed E-state index contributed by atoms with van der Waals surface area (Å²) in [7, 11) is 0. The molecule has 2 aliphatic heterocycles. The predicted molar refractivity (Wildman–Crippen MR) is 117 cm³/mol. The van der Waals surface area contributed by atoms with Crippen LogP contribution in [0.2, 0.25) is 0 Å². The van der Waals surface area contributed by atoms with Gasteiger partial charge in [0.2, 0.25) is 11.8 Å². The molecule has 2 rings (SSSR count). The van der Waals surface area contributed by atoms with Crippen molar-refractivity contribution in [3.8, 4) is 0 Å². The zero-order valence-electron chi connectivity index (χ0n) is 19.5. The van der Waals surface area contributed by atoms with Gasteiger partial charge in [-0.05, 0) is 45.4 Å². The van der Waals surface area contributed by atoms with Gasteiger partial charge in [-0.15, -0.1) is 0 Å². The first-order valence-corrected chi connectivity index (χ1v) is 11.2. The third kappa shape index (κ3) is 7.56. The Morgan fingerprint density at radius 2 is 1.54 bits per heavy atom. The van der Waals surface area contributed by atoms with Crippen LogP contribution >= 0.6 is 0 Å². The highest BCUT2D eigenvalue weighted by Gasteiger charge is 2.30. The van der Waals surface area contributed by atoms with Gasteiger partial charge in [-0.25, -0.2) is 0 Å². The summed E-state index contributed by atoms with van der Waals surface area (Å²) >= 11 is 0. The first kappa shape index (κ1) is 24.6. The van der Waals surface area contributed by atoms with Gasteiger partial charge in [0.25, 0.3) is 0 Å². The Morgan fingerprint density at radius 3 is 2.04 bits per heavy atom. The van der Waals surface area contributed by atoms with Crippen molar-refractivity contribution >= 4 is 17.6 Å². The quantitative estimate of drug-likeness (QED) is 0.677. The highest BCUT2D eigenvalue weighted by atomic mass is 16.2. The lowest BCUT2D eigenvalue weighted by atomic mass is 10.0. The van der Waals surface area contributed by atoms with Gasteiger partial charge >= 0.3 is 0 Å². The number of nitrogens with zero attached hydrogens (tertiary/aromatic N) is 3. The topological polar surface area (TPSA) is 53.0 Å². The Bertz CT molecular complexity index is 538. The monoisotopic (exact) mass is 393 g/mol. The molecule has 5 nitrogen and oxygen atoms in total. The molecule has 2 aliphatic rings. The lowest BCUT2D eigenvalue weighted by Gasteiger charge is -2.27. The van der Waals surface area contributed by atoms with Gasteiger partial charge in [-0.2, -0.15) is 0 Å². The molecule has 28 heavy (non-hydrogen) atoms. The van der Waals surface area contributed by atoms with E-state index in [0.29, 0.717) is 17.9 Å². The zero-order chi connectivity index (χ0) is 21.4. The van der Waals surface area contributed by atoms with Crippen LogP contribution in [0.1, 0.15) is 87.5 Å². The molecule has 0 aromatic rings. The summed E-state index contributed by atoms with van der Waals surface area (Å²) in [5.74, 6) is 2.46. The molecule has 1 unspecified atom stereocenters. The van der Waals surface area contributed by atoms with E-state index >= 15 is 0 Å². The van der Waals surface area contributed by atoms with Crippen molar-refractivity contribution in [1.82, 2.24) is 9.80 Å². The van der Waals surface area contributed by atoms with E-state index in [0.717, 1.165) is 31.8 Å². The first-order valence-electron chi connectivity index (χ1n) is 11.2. The van der Waals surface area contributed by atoms with Crippen LogP contribution in [0.25, 0.3) is 0 Å². The first-order chi connectivity index (χ1) is 13.0. The predicted octanol–water partition coefficient (Wildman–Crippen LogP) is 4.75. The largest absolute Gasteiger partial charge is 0.339 e. The molecule has 2 fully saturated rings. The smallest absolute Gasteiger partial charge is 0.230 e. The molecule has 1 atom stereocenters. The fourth-order valence-electron chi connectivity index (χ4n) is 3.89. The zero-order valence-corrected chi connectivity index (χ0v) is 19.5. The number of aliphatic imine (C=N–C) groups is 1. The summed E-state index contributed by atoms with van der Waals surface area (Å²) in [5.41, 5.74) is 0. The maximum atomic E-state index is 11.9. The molecule has 0 bridgehead atoms. The van der Waals surface area contributed by atoms with E-state index in [1.165, 1.54) is 19.3 Å². The van der Waals surface area contributed by atoms with Crippen LogP contribution in [0.5, 0.6) is 0 Å². The molecule has 0 aliphatic carbocycles. The van der Waals surface area contributed by atoms with Crippen LogP contribution in [0.4, 0.5) is 0 Å². The van der Waals surface area contributed by atoms with Crippen molar-refractivity contribution in [2.75, 3.05) is 13.1 Å². The molecule has 0 N–H and O–H groups in total. The summed E-state index contributed by atoms with van der Waals surface area (Å²) in [5, 5.41) is 0. The molecular formula is C23H43N3O2. The van der Waals surface area contributed by atoms with E-state index in [1.54, 1.807) is 0 Å². The minimum absolute atomic E-state index is 0.0745. The van der Waals surface area contributed by atoms with Gasteiger partial charge < -0.3 is 9.80 Å². The van der Waals surface area contributed by atoms with Crippen LogP contribution in [0.15, 0.2) is 4.99 Å². The van der Waals surface area contributed by atoms with Gasteiger partial charge in [0.15, 0.2) is 0 Å². The SMILES string of the molecule is CC(C)CC1CCCN1C(=O)C(C)C.CC(C)N=C1CCCN1C(=O)C(C)C. The van der Waals surface area contributed by atoms with Crippen LogP contribution in [0, 0.1) is 17.8 Å². The number of hydrogen-bond donors (Lipinski definition) is 0. The van der Waals surface area contributed by atoms with E-state index < -0.39 is 0 Å². The highest BCUT2D eigenvalue weighted by Crippen LogP contribution is 2.24. The highest BCUT2D eigenvalue weighted by molar-refractivity contribution is 6.00. The number of rotatable bonds is 5. The molecule has 162 valence electrons. The number of amidine groups is 1. The van der Waals surface area contributed by atoms with Crippen molar-refractivity contribution in [3.63, 3.8) is 0 Å². The summed E-state index contributed by atoms with van der Waals surface area (Å²) in [6, 6.07) is 0.801. The second kappa shape index (κ2) is 11.6. The fraction of sp³-hybridized carbons (Fsp3) is 0.870. The van der Waals surface area contributed by atoms with Crippen LogP contribution in [-0.2, 0) is 9.59 Å². The van der Waals surface area contributed by atoms with E-state index in [2.05, 4.69) is 23.7 Å². The van der Waals surface area contributed by atoms with Gasteiger partial charge in [0, 0.05) is 43.4 Å². The normalized spacial score (nSPS) is 21.3. The van der Waals surface area contributed by atoms with Gasteiger partial charge in [-0.3, -0.25) is 14.6 Å². The third-order valence-corrected chi connectivity index (χ3v) is 5.16. The molecule has 0 spiro atoms. The average Bonchev–Trinajstić information content (AvgIpc) is 3.22. The standard InChI is InChI=1S/C12H23NO.C11H20N2O/c1-9(2)8-11-6-5-7-13(11)12(14)10(3)4;1-8(2)11(14)13-7-5-6-10(13)12-9(3)4/h9-11H,5-8H2,1-4H3;8-9H,5-7H2,1-4H3. The Morgan fingerprint density at radius 1 is 0.929 bits per heavy atom. The average molecular weight is 394 g/mol. The summed E-state index contributed by atoms with van der Waals surface area (Å²) in [4.78, 5) is 32.1. The Labute approximate surface area is 173 Å². The van der Waals surface area contributed by atoms with E-state index in [-0.39, 0.29) is 23.8 Å². The minimum Gasteiger partial charge on any atom is -0.339 e. The lowest BCUT2D eigenvalue weighted by Crippen LogP contribution is -2.38. The van der Waals surface area contributed by atoms with Gasteiger partial charge in [0.1, 0.15) is 5.84 Å². The molecule has 0 aromatic carbocycles. The molecule has 2 amide bonds. The molecular weight excluding hydrogens is 350 g/mol. The number of hydrogen-bond acceptors (Lipinski definition) is 3. The maximum absolute atomic E-state index is 11.9. The van der Waals surface area contributed by atoms with Crippen molar-refractivity contribution in [1.29, 1.82) is 0 Å². The van der Waals surface area contributed by atoms with Crippen molar-refractivity contribution in [2.24, 2.45) is 22.7 Å². The second-order valence-corrected chi connectivity index (χ2v) is 9.50. The minimum atomic E-state index is 0.0745.